The Labute approximate surface area is 83.3 Å². The van der Waals surface area contributed by atoms with E-state index in [9.17, 15) is 4.79 Å². The van der Waals surface area contributed by atoms with Gasteiger partial charge < -0.3 is 0 Å². The summed E-state index contributed by atoms with van der Waals surface area (Å²) >= 11 is 3.38. The summed E-state index contributed by atoms with van der Waals surface area (Å²) in [6, 6.07) is 5.68. The Hall–Kier alpha value is -1.16. The molecule has 13 heavy (non-hydrogen) atoms. The number of hydrogen-bond acceptors (Lipinski definition) is 2. The summed E-state index contributed by atoms with van der Waals surface area (Å²) in [7, 11) is 0. The largest absolute Gasteiger partial charge is 0.293 e. The van der Waals surface area contributed by atoms with Crippen molar-refractivity contribution in [1.82, 2.24) is 10.2 Å². The van der Waals surface area contributed by atoms with Gasteiger partial charge >= 0.3 is 0 Å². The van der Waals surface area contributed by atoms with Crippen molar-refractivity contribution in [2.75, 3.05) is 0 Å². The second-order valence-electron chi connectivity index (χ2n) is 2.79. The number of H-pyrrole nitrogens is 1. The minimum Gasteiger partial charge on any atom is -0.293 e. The fourth-order valence-electron chi connectivity index (χ4n) is 1.28. The Balaban J connectivity index is 2.86. The van der Waals surface area contributed by atoms with Crippen LogP contribution in [0.15, 0.2) is 22.7 Å². The third kappa shape index (κ3) is 1.27. The number of carbonyl (C=O) groups excluding carboxylic acids is 1. The Morgan fingerprint density at radius 2 is 2.31 bits per heavy atom. The highest BCUT2D eigenvalue weighted by atomic mass is 79.9. The van der Waals surface area contributed by atoms with Crippen LogP contribution in [0, 0.1) is 0 Å². The van der Waals surface area contributed by atoms with Crippen LogP contribution in [-0.4, -0.2) is 16.0 Å². The van der Waals surface area contributed by atoms with E-state index in [1.165, 1.54) is 6.92 Å². The van der Waals surface area contributed by atoms with E-state index in [0.717, 1.165) is 15.4 Å². The molecule has 0 aliphatic carbocycles. The van der Waals surface area contributed by atoms with E-state index in [2.05, 4.69) is 26.1 Å². The van der Waals surface area contributed by atoms with Crippen molar-refractivity contribution in [2.24, 2.45) is 0 Å². The SMILES string of the molecule is CC(=O)c1n[nH]c2cccc(Br)c12. The van der Waals surface area contributed by atoms with E-state index < -0.39 is 0 Å². The first-order chi connectivity index (χ1) is 6.20. The van der Waals surface area contributed by atoms with Gasteiger partial charge in [0.1, 0.15) is 5.69 Å². The van der Waals surface area contributed by atoms with E-state index in [4.69, 9.17) is 0 Å². The molecule has 3 nitrogen and oxygen atoms in total. The molecule has 1 heterocycles. The van der Waals surface area contributed by atoms with Gasteiger partial charge in [-0.15, -0.1) is 0 Å². The van der Waals surface area contributed by atoms with E-state index in [-0.39, 0.29) is 5.78 Å². The first-order valence-corrected chi connectivity index (χ1v) is 4.63. The van der Waals surface area contributed by atoms with E-state index in [1.54, 1.807) is 0 Å². The van der Waals surface area contributed by atoms with Crippen LogP contribution < -0.4 is 0 Å². The number of carbonyl (C=O) groups is 1. The summed E-state index contributed by atoms with van der Waals surface area (Å²) in [6.07, 6.45) is 0. The number of aromatic amines is 1. The molecule has 0 spiro atoms. The molecular formula is C9H7BrN2O. The fourth-order valence-corrected chi connectivity index (χ4v) is 1.84. The Morgan fingerprint density at radius 3 is 3.00 bits per heavy atom. The van der Waals surface area contributed by atoms with Gasteiger partial charge in [-0.1, -0.05) is 22.0 Å². The number of fused-ring (bicyclic) bond motifs is 1. The number of aromatic nitrogens is 2. The van der Waals surface area contributed by atoms with Gasteiger partial charge in [0.15, 0.2) is 5.78 Å². The Morgan fingerprint density at radius 1 is 1.54 bits per heavy atom. The first kappa shape index (κ1) is 8.44. The van der Waals surface area contributed by atoms with Gasteiger partial charge in [-0.05, 0) is 12.1 Å². The zero-order chi connectivity index (χ0) is 9.42. The van der Waals surface area contributed by atoms with Crippen molar-refractivity contribution >= 4 is 32.6 Å². The maximum absolute atomic E-state index is 11.2. The van der Waals surface area contributed by atoms with Crippen LogP contribution in [-0.2, 0) is 0 Å². The molecule has 66 valence electrons. The summed E-state index contributed by atoms with van der Waals surface area (Å²) in [5.41, 5.74) is 1.36. The molecule has 2 aromatic rings. The second kappa shape index (κ2) is 2.96. The number of benzene rings is 1. The van der Waals surface area contributed by atoms with Gasteiger partial charge in [0, 0.05) is 16.8 Å². The molecule has 0 atom stereocenters. The lowest BCUT2D eigenvalue weighted by molar-refractivity contribution is 0.101. The van der Waals surface area contributed by atoms with Gasteiger partial charge in [0.05, 0.1) is 5.52 Å². The number of halogens is 1. The molecule has 1 N–H and O–H groups in total. The molecule has 1 aromatic carbocycles. The molecule has 0 fully saturated rings. The molecule has 0 amide bonds. The van der Waals surface area contributed by atoms with Crippen molar-refractivity contribution in [3.05, 3.63) is 28.4 Å². The molecule has 0 radical (unpaired) electrons. The molecule has 0 aliphatic rings. The van der Waals surface area contributed by atoms with Crippen LogP contribution in [0.25, 0.3) is 10.9 Å². The molecule has 2 rings (SSSR count). The summed E-state index contributed by atoms with van der Waals surface area (Å²) in [6.45, 7) is 1.51. The molecule has 0 aliphatic heterocycles. The van der Waals surface area contributed by atoms with E-state index in [1.807, 2.05) is 18.2 Å². The van der Waals surface area contributed by atoms with Crippen molar-refractivity contribution < 1.29 is 4.79 Å². The third-order valence-electron chi connectivity index (χ3n) is 1.87. The summed E-state index contributed by atoms with van der Waals surface area (Å²) < 4.78 is 0.893. The maximum Gasteiger partial charge on any atom is 0.180 e. The van der Waals surface area contributed by atoms with Gasteiger partial charge in [0.2, 0.25) is 0 Å². The quantitative estimate of drug-likeness (QED) is 0.777. The van der Waals surface area contributed by atoms with Gasteiger partial charge in [-0.3, -0.25) is 9.89 Å². The van der Waals surface area contributed by atoms with Crippen molar-refractivity contribution in [1.29, 1.82) is 0 Å². The fraction of sp³-hybridized carbons (Fsp3) is 0.111. The number of Topliss-reactive ketones (excluding diaryl/α,β-unsaturated/α-hetero) is 1. The van der Waals surface area contributed by atoms with Gasteiger partial charge in [0.25, 0.3) is 0 Å². The minimum atomic E-state index is -0.0295. The van der Waals surface area contributed by atoms with Gasteiger partial charge in [-0.2, -0.15) is 5.10 Å². The number of nitrogens with one attached hydrogen (secondary N) is 1. The predicted molar refractivity (Wildman–Crippen MR) is 53.8 cm³/mol. The summed E-state index contributed by atoms with van der Waals surface area (Å²) in [5, 5.41) is 7.62. The predicted octanol–water partition coefficient (Wildman–Crippen LogP) is 2.53. The van der Waals surface area contributed by atoms with Crippen LogP contribution in [0.2, 0.25) is 0 Å². The number of hydrogen-bond donors (Lipinski definition) is 1. The molecule has 0 saturated carbocycles. The van der Waals surface area contributed by atoms with E-state index >= 15 is 0 Å². The number of ketones is 1. The summed E-state index contributed by atoms with van der Waals surface area (Å²) in [4.78, 5) is 11.2. The van der Waals surface area contributed by atoms with Crippen LogP contribution in [0.4, 0.5) is 0 Å². The molecule has 0 bridgehead atoms. The molecule has 4 heteroatoms. The van der Waals surface area contributed by atoms with Crippen LogP contribution in [0.1, 0.15) is 17.4 Å². The van der Waals surface area contributed by atoms with E-state index in [0.29, 0.717) is 5.69 Å². The highest BCUT2D eigenvalue weighted by Crippen LogP contribution is 2.25. The third-order valence-corrected chi connectivity index (χ3v) is 2.53. The second-order valence-corrected chi connectivity index (χ2v) is 3.65. The Bertz CT molecular complexity index is 475. The zero-order valence-electron chi connectivity index (χ0n) is 6.97. The average molecular weight is 239 g/mol. The topological polar surface area (TPSA) is 45.8 Å². The monoisotopic (exact) mass is 238 g/mol. The number of nitrogens with zero attached hydrogens (tertiary/aromatic N) is 1. The van der Waals surface area contributed by atoms with Crippen LogP contribution >= 0.6 is 15.9 Å². The zero-order valence-corrected chi connectivity index (χ0v) is 8.55. The first-order valence-electron chi connectivity index (χ1n) is 3.83. The lowest BCUT2D eigenvalue weighted by Gasteiger charge is -1.93. The van der Waals surface area contributed by atoms with Crippen molar-refractivity contribution in [3.63, 3.8) is 0 Å². The molecular weight excluding hydrogens is 232 g/mol. The van der Waals surface area contributed by atoms with Crippen LogP contribution in [0.5, 0.6) is 0 Å². The highest BCUT2D eigenvalue weighted by molar-refractivity contribution is 9.10. The van der Waals surface area contributed by atoms with Gasteiger partial charge in [-0.25, -0.2) is 0 Å². The number of rotatable bonds is 1. The molecule has 1 aromatic heterocycles. The Kier molecular flexibility index (Phi) is 1.92. The lowest BCUT2D eigenvalue weighted by atomic mass is 10.2. The normalized spacial score (nSPS) is 10.6. The summed E-state index contributed by atoms with van der Waals surface area (Å²) in [5.74, 6) is -0.0295. The smallest absolute Gasteiger partial charge is 0.180 e. The average Bonchev–Trinajstić information content (AvgIpc) is 2.49. The van der Waals surface area contributed by atoms with Crippen LogP contribution in [0.3, 0.4) is 0 Å². The minimum absolute atomic E-state index is 0.0295. The highest BCUT2D eigenvalue weighted by Gasteiger charge is 2.11. The van der Waals surface area contributed by atoms with Crippen molar-refractivity contribution in [3.8, 4) is 0 Å². The maximum atomic E-state index is 11.2. The van der Waals surface area contributed by atoms with Crippen molar-refractivity contribution in [2.45, 2.75) is 6.92 Å². The molecule has 0 unspecified atom stereocenters. The molecule has 0 saturated heterocycles. The lowest BCUT2D eigenvalue weighted by Crippen LogP contribution is -1.92. The standard InChI is InChI=1S/C9H7BrN2O/c1-5(13)9-8-6(10)3-2-4-7(8)11-12-9/h2-4H,1H3,(H,11,12).